The van der Waals surface area contributed by atoms with Crippen LogP contribution in [0.15, 0.2) is 46.6 Å². The van der Waals surface area contributed by atoms with Crippen molar-refractivity contribution in [1.29, 1.82) is 0 Å². The zero-order valence-corrected chi connectivity index (χ0v) is 16.3. The Morgan fingerprint density at radius 3 is 2.68 bits per heavy atom. The molecule has 2 aromatic carbocycles. The number of aryl methyl sites for hydroxylation is 1. The van der Waals surface area contributed by atoms with Crippen LogP contribution in [0.25, 0.3) is 10.9 Å². The van der Waals surface area contributed by atoms with E-state index >= 15 is 0 Å². The van der Waals surface area contributed by atoms with Crippen molar-refractivity contribution in [3.8, 4) is 11.6 Å². The number of phenols is 1. The summed E-state index contributed by atoms with van der Waals surface area (Å²) in [6.07, 6.45) is 0.854. The van der Waals surface area contributed by atoms with Gasteiger partial charge in [0.2, 0.25) is 5.88 Å². The number of aromatic hydroxyl groups is 2. The van der Waals surface area contributed by atoms with E-state index in [1.165, 1.54) is 18.2 Å². The van der Waals surface area contributed by atoms with Gasteiger partial charge in [-0.25, -0.2) is 0 Å². The molecule has 0 radical (unpaired) electrons. The molecule has 0 spiro atoms. The summed E-state index contributed by atoms with van der Waals surface area (Å²) < 4.78 is 1.72. The van der Waals surface area contributed by atoms with Crippen LogP contribution >= 0.6 is 11.6 Å². The fourth-order valence-electron chi connectivity index (χ4n) is 2.88. The molecule has 0 bridgehead atoms. The second-order valence-corrected chi connectivity index (χ2v) is 7.39. The van der Waals surface area contributed by atoms with E-state index in [1.807, 2.05) is 0 Å². The number of nitrogens with zero attached hydrogens (tertiary/aromatic N) is 3. The molecule has 1 amide bonds. The molecule has 0 fully saturated rings. The predicted molar refractivity (Wildman–Crippen MR) is 109 cm³/mol. The first-order valence-corrected chi connectivity index (χ1v) is 9.21. The third-order valence-corrected chi connectivity index (χ3v) is 4.63. The van der Waals surface area contributed by atoms with Crippen molar-refractivity contribution >= 4 is 39.8 Å². The number of azo groups is 1. The van der Waals surface area contributed by atoms with Crippen molar-refractivity contribution in [2.45, 2.75) is 26.8 Å². The van der Waals surface area contributed by atoms with Crippen LogP contribution in [0.1, 0.15) is 30.6 Å². The summed E-state index contributed by atoms with van der Waals surface area (Å²) in [7, 11) is 0. The van der Waals surface area contributed by atoms with Crippen molar-refractivity contribution in [2.75, 3.05) is 5.73 Å². The molecule has 0 saturated heterocycles. The summed E-state index contributed by atoms with van der Waals surface area (Å²) in [4.78, 5) is 12.3. The summed E-state index contributed by atoms with van der Waals surface area (Å²) in [5.41, 5.74) is 6.80. The minimum atomic E-state index is -0.769. The van der Waals surface area contributed by atoms with Gasteiger partial charge in [0.15, 0.2) is 5.69 Å². The fourth-order valence-corrected chi connectivity index (χ4v) is 3.05. The van der Waals surface area contributed by atoms with E-state index in [-0.39, 0.29) is 22.9 Å². The van der Waals surface area contributed by atoms with E-state index in [0.717, 1.165) is 11.9 Å². The molecule has 0 unspecified atom stereocenters. The number of anilines is 1. The molecule has 28 heavy (non-hydrogen) atoms. The first kappa shape index (κ1) is 19.7. The average Bonchev–Trinajstić information content (AvgIpc) is 2.90. The third kappa shape index (κ3) is 3.94. The van der Waals surface area contributed by atoms with Crippen LogP contribution in [0.2, 0.25) is 5.02 Å². The minimum Gasteiger partial charge on any atom is -0.507 e. The second kappa shape index (κ2) is 7.90. The number of fused-ring (bicyclic) bond motifs is 1. The lowest BCUT2D eigenvalue weighted by molar-refractivity contribution is 0.0992. The molecule has 4 N–H and O–H groups in total. The highest BCUT2D eigenvalue weighted by Crippen LogP contribution is 2.40. The van der Waals surface area contributed by atoms with Gasteiger partial charge in [0, 0.05) is 22.6 Å². The molecule has 0 aliphatic rings. The van der Waals surface area contributed by atoms with Crippen LogP contribution in [0.5, 0.6) is 11.6 Å². The maximum atomic E-state index is 12.3. The summed E-state index contributed by atoms with van der Waals surface area (Å²) in [5.74, 6) is -0.660. The summed E-state index contributed by atoms with van der Waals surface area (Å²) in [5, 5.41) is 29.2. The van der Waals surface area contributed by atoms with E-state index in [9.17, 15) is 15.0 Å². The number of nitrogens with two attached hydrogens (primary N) is 1. The zero-order valence-electron chi connectivity index (χ0n) is 15.6. The molecule has 3 rings (SSSR count). The summed E-state index contributed by atoms with van der Waals surface area (Å²) >= 11 is 6.10. The Morgan fingerprint density at radius 1 is 1.21 bits per heavy atom. The summed E-state index contributed by atoms with van der Waals surface area (Å²) in [6, 6.07) is 9.29. The smallest absolute Gasteiger partial charge is 0.299 e. The normalized spacial score (nSPS) is 11.7. The predicted octanol–water partition coefficient (Wildman–Crippen LogP) is 5.26. The van der Waals surface area contributed by atoms with Gasteiger partial charge in [0.05, 0.1) is 11.1 Å². The molecular weight excluding hydrogens is 380 g/mol. The number of benzene rings is 2. The number of amides is 1. The largest absolute Gasteiger partial charge is 0.507 e. The summed E-state index contributed by atoms with van der Waals surface area (Å²) in [6.45, 7) is 4.77. The Bertz CT molecular complexity index is 1070. The zero-order chi connectivity index (χ0) is 20.4. The Hall–Kier alpha value is -3.06. The van der Waals surface area contributed by atoms with Crippen molar-refractivity contribution in [2.24, 2.45) is 16.1 Å². The molecule has 3 aromatic rings. The van der Waals surface area contributed by atoms with Gasteiger partial charge in [-0.15, -0.1) is 10.2 Å². The molecule has 146 valence electrons. The van der Waals surface area contributed by atoms with Gasteiger partial charge in [-0.2, -0.15) is 0 Å². The number of aromatic nitrogens is 1. The van der Waals surface area contributed by atoms with Crippen LogP contribution < -0.4 is 5.73 Å². The van der Waals surface area contributed by atoms with Crippen molar-refractivity contribution in [3.05, 3.63) is 47.0 Å². The highest BCUT2D eigenvalue weighted by Gasteiger charge is 2.18. The van der Waals surface area contributed by atoms with Gasteiger partial charge in [-0.3, -0.25) is 4.79 Å². The van der Waals surface area contributed by atoms with Crippen LogP contribution in [-0.4, -0.2) is 20.7 Å². The van der Waals surface area contributed by atoms with Crippen LogP contribution in [0, 0.1) is 5.92 Å². The van der Waals surface area contributed by atoms with E-state index in [0.29, 0.717) is 28.6 Å². The Balaban J connectivity index is 2.03. The maximum absolute atomic E-state index is 12.3. The lowest BCUT2D eigenvalue weighted by Gasteiger charge is -2.08. The lowest BCUT2D eigenvalue weighted by atomic mass is 10.1. The van der Waals surface area contributed by atoms with E-state index in [4.69, 9.17) is 17.3 Å². The van der Waals surface area contributed by atoms with Crippen LogP contribution in [0.4, 0.5) is 11.4 Å². The quantitative estimate of drug-likeness (QED) is 0.308. The standard InChI is InChI=1S/C20H21ClN4O3/c1-11(2)7-8-25-16-5-3-12(21)9-14(16)18(20(25)28)23-24-19(27)15-10-13(22)4-6-17(15)26/h3-6,9-11,26,28H,7-8,22H2,1-2H3. The van der Waals surface area contributed by atoms with Crippen molar-refractivity contribution < 1.29 is 15.0 Å². The first-order chi connectivity index (χ1) is 13.3. The van der Waals surface area contributed by atoms with Gasteiger partial charge in [0.25, 0.3) is 5.91 Å². The molecule has 0 atom stereocenters. The molecule has 0 aliphatic carbocycles. The number of carbonyl (C=O) groups excluding carboxylic acids is 1. The molecule has 8 heteroatoms. The fraction of sp³-hybridized carbons (Fsp3) is 0.250. The Morgan fingerprint density at radius 2 is 1.96 bits per heavy atom. The minimum absolute atomic E-state index is 0.0650. The monoisotopic (exact) mass is 400 g/mol. The third-order valence-electron chi connectivity index (χ3n) is 4.39. The molecule has 7 nitrogen and oxygen atoms in total. The highest BCUT2D eigenvalue weighted by atomic mass is 35.5. The van der Waals surface area contributed by atoms with Crippen LogP contribution in [-0.2, 0) is 6.54 Å². The van der Waals surface area contributed by atoms with Gasteiger partial charge >= 0.3 is 0 Å². The number of halogens is 1. The average molecular weight is 401 g/mol. The number of hydrogen-bond donors (Lipinski definition) is 3. The molecule has 1 aromatic heterocycles. The molecule has 0 saturated carbocycles. The Kier molecular flexibility index (Phi) is 5.56. The molecular formula is C20H21ClN4O3. The van der Waals surface area contributed by atoms with Gasteiger partial charge in [-0.1, -0.05) is 25.4 Å². The number of phenolic OH excluding ortho intramolecular Hbond substituents is 1. The van der Waals surface area contributed by atoms with E-state index in [1.54, 1.807) is 22.8 Å². The number of hydrogen-bond acceptors (Lipinski definition) is 5. The second-order valence-electron chi connectivity index (χ2n) is 6.95. The molecule has 1 heterocycles. The van der Waals surface area contributed by atoms with Gasteiger partial charge < -0.3 is 20.5 Å². The highest BCUT2D eigenvalue weighted by molar-refractivity contribution is 6.31. The Labute approximate surface area is 167 Å². The maximum Gasteiger partial charge on any atom is 0.299 e. The lowest BCUT2D eigenvalue weighted by Crippen LogP contribution is -2.00. The SMILES string of the molecule is CC(C)CCn1c(O)c(N=NC(=O)c2cc(N)ccc2O)c2cc(Cl)ccc21. The van der Waals surface area contributed by atoms with E-state index in [2.05, 4.69) is 24.1 Å². The number of rotatable bonds is 5. The van der Waals surface area contributed by atoms with Gasteiger partial charge in [-0.05, 0) is 48.7 Å². The van der Waals surface area contributed by atoms with Crippen molar-refractivity contribution in [1.82, 2.24) is 4.57 Å². The van der Waals surface area contributed by atoms with Gasteiger partial charge in [0.1, 0.15) is 5.75 Å². The topological polar surface area (TPSA) is 113 Å². The number of carbonyl (C=O) groups is 1. The molecule has 0 aliphatic heterocycles. The first-order valence-electron chi connectivity index (χ1n) is 8.83. The van der Waals surface area contributed by atoms with E-state index < -0.39 is 5.91 Å². The van der Waals surface area contributed by atoms with Crippen molar-refractivity contribution in [3.63, 3.8) is 0 Å². The number of nitrogen functional groups attached to an aromatic ring is 1. The van der Waals surface area contributed by atoms with Crippen LogP contribution in [0.3, 0.4) is 0 Å².